The Morgan fingerprint density at radius 1 is 0.884 bits per heavy atom. The maximum atomic E-state index is 12.9. The van der Waals surface area contributed by atoms with Gasteiger partial charge in [-0.3, -0.25) is 4.79 Å². The van der Waals surface area contributed by atoms with Crippen molar-refractivity contribution in [3.8, 4) is 28.7 Å². The second kappa shape index (κ2) is 13.6. The second-order valence-electron chi connectivity index (χ2n) is 10.3. The van der Waals surface area contributed by atoms with Crippen LogP contribution in [0.1, 0.15) is 33.4 Å². The Morgan fingerprint density at radius 3 is 2.21 bits per heavy atom. The molecule has 2 heterocycles. The van der Waals surface area contributed by atoms with Crippen molar-refractivity contribution in [3.05, 3.63) is 41.5 Å². The molecule has 9 N–H and O–H groups in total. The molecule has 0 aliphatic carbocycles. The molecule has 0 amide bonds. The summed E-state index contributed by atoms with van der Waals surface area (Å²) >= 11 is 0. The van der Waals surface area contributed by atoms with Crippen molar-refractivity contribution < 1.29 is 78.5 Å². The molecule has 0 bridgehead atoms. The highest BCUT2D eigenvalue weighted by atomic mass is 16.8. The van der Waals surface area contributed by atoms with Crippen LogP contribution >= 0.6 is 0 Å². The van der Waals surface area contributed by atoms with E-state index < -0.39 is 104 Å². The lowest BCUT2D eigenvalue weighted by Crippen LogP contribution is -2.64. The zero-order chi connectivity index (χ0) is 34.1. The van der Waals surface area contributed by atoms with Crippen molar-refractivity contribution >= 4 is 5.78 Å². The molecular weight excluding hydrogens is 576 g/mol. The number of hydrogen-bond donors (Lipinski definition) is 9. The first-order chi connectivity index (χ1) is 21.5. The van der Waals surface area contributed by atoms with Crippen LogP contribution in [0.4, 0.5) is 0 Å². The van der Waals surface area contributed by atoms with E-state index in [0.717, 1.165) is 12.1 Å². The zero-order valence-electron chi connectivity index (χ0n) is 25.8. The molecule has 2 aliphatic heterocycles. The third-order valence-electron chi connectivity index (χ3n) is 7.30. The Kier molecular flexibility index (Phi) is 9.01. The third kappa shape index (κ3) is 6.95. The average molecular weight is 616 g/mol. The monoisotopic (exact) mass is 615 g/mol. The smallest absolute Gasteiger partial charge is 0.229 e. The predicted molar refractivity (Wildman–Crippen MR) is 143 cm³/mol. The van der Waals surface area contributed by atoms with Crippen molar-refractivity contribution in [2.24, 2.45) is 0 Å². The summed E-state index contributed by atoms with van der Waals surface area (Å²) in [5.74, 6) is -3.20. The minimum absolute atomic E-state index is 0.0225. The van der Waals surface area contributed by atoms with Gasteiger partial charge in [0.05, 0.1) is 23.9 Å². The van der Waals surface area contributed by atoms with E-state index in [1.54, 1.807) is 0 Å². The fourth-order valence-corrected chi connectivity index (χ4v) is 4.84. The number of ketones is 1. The molecule has 2 fully saturated rings. The van der Waals surface area contributed by atoms with Crippen molar-refractivity contribution in [2.45, 2.75) is 81.2 Å². The fourth-order valence-electron chi connectivity index (χ4n) is 4.84. The first kappa shape index (κ1) is 28.5. The minimum atomic E-state index is -2.78. The second-order valence-corrected chi connectivity index (χ2v) is 10.3. The average Bonchev–Trinajstić information content (AvgIpc) is 2.97. The summed E-state index contributed by atoms with van der Waals surface area (Å²) in [5.41, 5.74) is -0.0499. The topological polar surface area (TPSA) is 245 Å². The lowest BCUT2D eigenvalue weighted by atomic mass is 9.97. The van der Waals surface area contributed by atoms with E-state index in [1.807, 2.05) is 0 Å². The molecular formula is C28H36O15. The number of rotatable bonds is 10. The summed E-state index contributed by atoms with van der Waals surface area (Å²) in [4.78, 5) is 12.9. The lowest BCUT2D eigenvalue weighted by Gasteiger charge is -2.45. The highest BCUT2D eigenvalue weighted by Gasteiger charge is 2.51. The number of benzene rings is 2. The molecule has 0 aromatic heterocycles. The first-order valence-electron chi connectivity index (χ1n) is 14.7. The van der Waals surface area contributed by atoms with Gasteiger partial charge in [-0.05, 0) is 31.0 Å². The van der Waals surface area contributed by atoms with Crippen LogP contribution in [0.25, 0.3) is 0 Å². The highest BCUT2D eigenvalue weighted by molar-refractivity contribution is 6.01. The Morgan fingerprint density at radius 2 is 1.58 bits per heavy atom. The summed E-state index contributed by atoms with van der Waals surface area (Å²) < 4.78 is 48.3. The number of hydrogen-bond acceptors (Lipinski definition) is 15. The molecule has 0 saturated carbocycles. The van der Waals surface area contributed by atoms with Gasteiger partial charge < -0.3 is 69.6 Å². The van der Waals surface area contributed by atoms with E-state index >= 15 is 0 Å². The van der Waals surface area contributed by atoms with E-state index in [1.165, 1.54) is 25.1 Å². The number of carbonyl (C=O) groups excluding carboxylic acids is 1. The van der Waals surface area contributed by atoms with Gasteiger partial charge in [0.2, 0.25) is 6.29 Å². The van der Waals surface area contributed by atoms with Crippen LogP contribution in [0.15, 0.2) is 30.3 Å². The quantitative estimate of drug-likeness (QED) is 0.140. The SMILES string of the molecule is [2H]C([2H])([2H])Oc1ccc(CCC(=O)c2c(O)cc(OC3OC(CO)C(O)C(O)C3OC3OC(C)C(O)C(O)C3O)cc2O)cc1O. The molecule has 4 rings (SSSR count). The molecule has 2 aliphatic rings. The normalized spacial score (nSPS) is 34.1. The molecule has 0 radical (unpaired) electrons. The molecule has 15 nitrogen and oxygen atoms in total. The minimum Gasteiger partial charge on any atom is -0.507 e. The Hall–Kier alpha value is -3.25. The van der Waals surface area contributed by atoms with Gasteiger partial charge in [0.25, 0.3) is 0 Å². The highest BCUT2D eigenvalue weighted by Crippen LogP contribution is 2.37. The van der Waals surface area contributed by atoms with E-state index in [4.69, 9.17) is 23.1 Å². The van der Waals surface area contributed by atoms with Gasteiger partial charge >= 0.3 is 0 Å². The van der Waals surface area contributed by atoms with Crippen LogP contribution < -0.4 is 9.47 Å². The van der Waals surface area contributed by atoms with Gasteiger partial charge in [0.15, 0.2) is 29.7 Å². The molecule has 238 valence electrons. The van der Waals surface area contributed by atoms with Crippen LogP contribution in [-0.4, -0.2) is 127 Å². The number of aliphatic hydroxyl groups is 6. The molecule has 2 aromatic rings. The van der Waals surface area contributed by atoms with Crippen LogP contribution in [0, 0.1) is 0 Å². The van der Waals surface area contributed by atoms with Gasteiger partial charge in [-0.1, -0.05) is 6.07 Å². The Labute approximate surface area is 249 Å². The van der Waals surface area contributed by atoms with Gasteiger partial charge in [0.1, 0.15) is 59.4 Å². The molecule has 15 heteroatoms. The van der Waals surface area contributed by atoms with Crippen LogP contribution in [0.2, 0.25) is 0 Å². The number of aryl methyl sites for hydroxylation is 1. The van der Waals surface area contributed by atoms with Crippen molar-refractivity contribution in [2.75, 3.05) is 13.6 Å². The molecule has 0 spiro atoms. The summed E-state index contributed by atoms with van der Waals surface area (Å²) in [7, 11) is -2.78. The number of aliphatic hydroxyl groups excluding tert-OH is 6. The number of aromatic hydroxyl groups is 3. The maximum Gasteiger partial charge on any atom is 0.229 e. The number of methoxy groups -OCH3 is 1. The molecule has 10 unspecified atom stereocenters. The lowest BCUT2D eigenvalue weighted by molar-refractivity contribution is -0.354. The molecule has 2 aromatic carbocycles. The summed E-state index contributed by atoms with van der Waals surface area (Å²) in [6.07, 6.45) is -16.1. The van der Waals surface area contributed by atoms with Crippen molar-refractivity contribution in [3.63, 3.8) is 0 Å². The van der Waals surface area contributed by atoms with Crippen molar-refractivity contribution in [1.29, 1.82) is 0 Å². The summed E-state index contributed by atoms with van der Waals surface area (Å²) in [6, 6.07) is 5.75. The summed E-state index contributed by atoms with van der Waals surface area (Å²) in [5, 5.41) is 92.5. The van der Waals surface area contributed by atoms with E-state index in [2.05, 4.69) is 4.74 Å². The number of ether oxygens (including phenoxy) is 5. The predicted octanol–water partition coefficient (Wildman–Crippen LogP) is -1.34. The molecule has 10 atom stereocenters. The summed E-state index contributed by atoms with van der Waals surface area (Å²) in [6.45, 7) is 0.618. The Bertz CT molecular complexity index is 1350. The number of carbonyl (C=O) groups is 1. The third-order valence-corrected chi connectivity index (χ3v) is 7.30. The van der Waals surface area contributed by atoms with E-state index in [-0.39, 0.29) is 24.3 Å². The van der Waals surface area contributed by atoms with Gasteiger partial charge in [-0.25, -0.2) is 0 Å². The van der Waals surface area contributed by atoms with Gasteiger partial charge in [-0.2, -0.15) is 0 Å². The molecule has 43 heavy (non-hydrogen) atoms. The number of phenolic OH excluding ortho intramolecular Hbond substituents is 3. The van der Waals surface area contributed by atoms with Crippen LogP contribution in [-0.2, 0) is 20.6 Å². The first-order valence-corrected chi connectivity index (χ1v) is 13.2. The van der Waals surface area contributed by atoms with Gasteiger partial charge in [-0.15, -0.1) is 0 Å². The zero-order valence-corrected chi connectivity index (χ0v) is 22.8. The van der Waals surface area contributed by atoms with E-state index in [0.29, 0.717) is 5.56 Å². The maximum absolute atomic E-state index is 12.9. The largest absolute Gasteiger partial charge is 0.507 e. The number of phenols is 3. The Balaban J connectivity index is 1.49. The standard InChI is InChI=1S/C28H36O15/c1-11-21(34)23(36)25(38)27(40-11)43-26-24(37)22(35)19(10-29)42-28(26)41-13-8-16(32)20(17(33)9-13)14(30)5-3-12-4-6-18(39-2)15(31)7-12/h4,6-9,11,19,21-29,31-38H,3,5,10H2,1-2H3/i2D3. The fraction of sp³-hybridized carbons (Fsp3) is 0.536. The number of Topliss-reactive ketones (excluding diaryl/α,β-unsaturated/α-hetero) is 1. The van der Waals surface area contributed by atoms with Gasteiger partial charge in [0, 0.05) is 18.6 Å². The molecule has 2 saturated heterocycles. The van der Waals surface area contributed by atoms with Crippen molar-refractivity contribution in [1.82, 2.24) is 0 Å². The van der Waals surface area contributed by atoms with Crippen LogP contribution in [0.5, 0.6) is 28.7 Å². The van der Waals surface area contributed by atoms with Crippen LogP contribution in [0.3, 0.4) is 0 Å². The van der Waals surface area contributed by atoms with E-state index in [9.17, 15) is 50.8 Å².